The molecule has 4 heterocycles. The second-order valence-corrected chi connectivity index (χ2v) is 9.31. The molecule has 2 aromatic heterocycles. The first-order chi connectivity index (χ1) is 11.6. The molecule has 2 aliphatic heterocycles. The SMILES string of the molecule is Cl.Cl.O=C(Cc1csc(-c2ccc(Cl)s2)n1)N1CCC2(CCNC2)CC1. The van der Waals surface area contributed by atoms with E-state index in [9.17, 15) is 4.79 Å². The molecule has 0 atom stereocenters. The number of hydrogen-bond acceptors (Lipinski definition) is 5. The van der Waals surface area contributed by atoms with Gasteiger partial charge in [0.15, 0.2) is 0 Å². The molecule has 1 amide bonds. The number of carbonyl (C=O) groups is 1. The Morgan fingerprint density at radius 1 is 1.27 bits per heavy atom. The summed E-state index contributed by atoms with van der Waals surface area (Å²) in [6, 6.07) is 3.87. The van der Waals surface area contributed by atoms with Gasteiger partial charge in [0.05, 0.1) is 21.3 Å². The van der Waals surface area contributed by atoms with E-state index in [1.54, 1.807) is 11.3 Å². The van der Waals surface area contributed by atoms with Crippen LogP contribution in [0.1, 0.15) is 25.0 Å². The summed E-state index contributed by atoms with van der Waals surface area (Å²) in [6.07, 6.45) is 3.91. The summed E-state index contributed by atoms with van der Waals surface area (Å²) in [5, 5.41) is 6.41. The molecule has 9 heteroatoms. The quantitative estimate of drug-likeness (QED) is 0.742. The molecule has 1 N–H and O–H groups in total. The summed E-state index contributed by atoms with van der Waals surface area (Å²) in [7, 11) is 0. The molecule has 0 aliphatic carbocycles. The van der Waals surface area contributed by atoms with Crippen molar-refractivity contribution in [3.63, 3.8) is 0 Å². The smallest absolute Gasteiger partial charge is 0.228 e. The molecule has 0 aromatic carbocycles. The Kier molecular flexibility index (Phi) is 7.77. The number of thiazole rings is 1. The summed E-state index contributed by atoms with van der Waals surface area (Å²) in [5.74, 6) is 0.205. The topological polar surface area (TPSA) is 45.2 Å². The fraction of sp³-hybridized carbons (Fsp3) is 0.529. The highest BCUT2D eigenvalue weighted by Gasteiger charge is 2.37. The number of carbonyl (C=O) groups excluding carboxylic acids is 1. The van der Waals surface area contributed by atoms with Crippen LogP contribution in [0.15, 0.2) is 17.5 Å². The van der Waals surface area contributed by atoms with Crippen LogP contribution in [0.2, 0.25) is 4.34 Å². The molecule has 26 heavy (non-hydrogen) atoms. The van der Waals surface area contributed by atoms with Gasteiger partial charge in [-0.25, -0.2) is 4.98 Å². The van der Waals surface area contributed by atoms with Crippen LogP contribution in [0.25, 0.3) is 9.88 Å². The van der Waals surface area contributed by atoms with Crippen LogP contribution in [0, 0.1) is 5.41 Å². The van der Waals surface area contributed by atoms with Crippen LogP contribution in [-0.4, -0.2) is 42.0 Å². The standard InChI is InChI=1S/C17H20ClN3OS2.2ClH/c18-14-2-1-13(24-14)16-20-12(10-23-16)9-15(22)21-7-4-17(5-8-21)3-6-19-11-17;;/h1-2,10,19H,3-9,11H2;2*1H. The fourth-order valence-electron chi connectivity index (χ4n) is 3.65. The summed E-state index contributed by atoms with van der Waals surface area (Å²) < 4.78 is 0.765. The molecular formula is C17H22Cl3N3OS2. The lowest BCUT2D eigenvalue weighted by atomic mass is 9.78. The number of nitrogens with zero attached hydrogens (tertiary/aromatic N) is 2. The minimum Gasteiger partial charge on any atom is -0.342 e. The van der Waals surface area contributed by atoms with E-state index in [1.165, 1.54) is 17.8 Å². The third-order valence-electron chi connectivity index (χ3n) is 5.18. The number of piperidine rings is 1. The van der Waals surface area contributed by atoms with Crippen LogP contribution < -0.4 is 5.32 Å². The maximum Gasteiger partial charge on any atom is 0.228 e. The zero-order valence-electron chi connectivity index (χ0n) is 14.2. The Morgan fingerprint density at radius 2 is 2.04 bits per heavy atom. The molecule has 0 radical (unpaired) electrons. The molecule has 144 valence electrons. The number of hydrogen-bond donors (Lipinski definition) is 1. The van der Waals surface area contributed by atoms with E-state index in [-0.39, 0.29) is 30.7 Å². The average molecular weight is 455 g/mol. The van der Waals surface area contributed by atoms with Crippen molar-refractivity contribution in [2.75, 3.05) is 26.2 Å². The lowest BCUT2D eigenvalue weighted by molar-refractivity contribution is -0.132. The minimum absolute atomic E-state index is 0. The Balaban J connectivity index is 0.00000121. The maximum absolute atomic E-state index is 12.6. The highest BCUT2D eigenvalue weighted by molar-refractivity contribution is 7.23. The van der Waals surface area contributed by atoms with Crippen LogP contribution in [-0.2, 0) is 11.2 Å². The zero-order chi connectivity index (χ0) is 16.6. The number of halogens is 3. The van der Waals surface area contributed by atoms with E-state index in [1.807, 2.05) is 22.4 Å². The number of aromatic nitrogens is 1. The molecule has 4 nitrogen and oxygen atoms in total. The van der Waals surface area contributed by atoms with Gasteiger partial charge in [0.1, 0.15) is 5.01 Å². The summed E-state index contributed by atoms with van der Waals surface area (Å²) >= 11 is 9.09. The van der Waals surface area contributed by atoms with Crippen LogP contribution in [0.3, 0.4) is 0 Å². The van der Waals surface area contributed by atoms with Crippen molar-refractivity contribution in [1.82, 2.24) is 15.2 Å². The predicted octanol–water partition coefficient (Wildman–Crippen LogP) is 4.51. The lowest BCUT2D eigenvalue weighted by Crippen LogP contribution is -2.44. The van der Waals surface area contributed by atoms with Gasteiger partial charge in [0, 0.05) is 25.0 Å². The molecule has 0 unspecified atom stereocenters. The van der Waals surface area contributed by atoms with Gasteiger partial charge in [-0.05, 0) is 43.4 Å². The first-order valence-electron chi connectivity index (χ1n) is 8.32. The van der Waals surface area contributed by atoms with E-state index < -0.39 is 0 Å². The van der Waals surface area contributed by atoms with Gasteiger partial charge in [-0.1, -0.05) is 11.6 Å². The van der Waals surface area contributed by atoms with Gasteiger partial charge >= 0.3 is 0 Å². The fourth-order valence-corrected chi connectivity index (χ4v) is 5.58. The van der Waals surface area contributed by atoms with E-state index >= 15 is 0 Å². The molecule has 0 bridgehead atoms. The normalized spacial score (nSPS) is 18.4. The molecule has 4 rings (SSSR count). The molecule has 0 saturated carbocycles. The largest absolute Gasteiger partial charge is 0.342 e. The van der Waals surface area contributed by atoms with Gasteiger partial charge in [-0.2, -0.15) is 0 Å². The number of rotatable bonds is 3. The second-order valence-electron chi connectivity index (χ2n) is 6.73. The third-order valence-corrected chi connectivity index (χ3v) is 7.47. The number of nitrogens with one attached hydrogen (secondary N) is 1. The lowest BCUT2D eigenvalue weighted by Gasteiger charge is -2.38. The highest BCUT2D eigenvalue weighted by Crippen LogP contribution is 2.37. The van der Waals surface area contributed by atoms with Gasteiger partial charge in [-0.15, -0.1) is 47.5 Å². The van der Waals surface area contributed by atoms with Gasteiger partial charge in [-0.3, -0.25) is 4.79 Å². The van der Waals surface area contributed by atoms with Crippen LogP contribution >= 0.6 is 59.1 Å². The van der Waals surface area contributed by atoms with E-state index in [4.69, 9.17) is 11.6 Å². The Hall–Kier alpha value is -0.370. The Bertz CT molecular complexity index is 733. The first kappa shape index (κ1) is 21.9. The van der Waals surface area contributed by atoms with Crippen molar-refractivity contribution in [2.24, 2.45) is 5.41 Å². The van der Waals surface area contributed by atoms with Crippen LogP contribution in [0.5, 0.6) is 0 Å². The Labute approximate surface area is 179 Å². The zero-order valence-corrected chi connectivity index (χ0v) is 18.2. The van der Waals surface area contributed by atoms with Crippen LogP contribution in [0.4, 0.5) is 0 Å². The first-order valence-corrected chi connectivity index (χ1v) is 10.4. The Morgan fingerprint density at radius 3 is 2.65 bits per heavy atom. The van der Waals surface area contributed by atoms with Crippen molar-refractivity contribution in [3.8, 4) is 9.88 Å². The van der Waals surface area contributed by atoms with Gasteiger partial charge in [0.25, 0.3) is 0 Å². The molecule has 1 spiro atoms. The van der Waals surface area contributed by atoms with Gasteiger partial charge < -0.3 is 10.2 Å². The van der Waals surface area contributed by atoms with Gasteiger partial charge in [0.2, 0.25) is 5.91 Å². The van der Waals surface area contributed by atoms with E-state index in [0.29, 0.717) is 11.8 Å². The van der Waals surface area contributed by atoms with Crippen molar-refractivity contribution in [3.05, 3.63) is 27.5 Å². The number of likely N-dealkylation sites (tertiary alicyclic amines) is 1. The molecular weight excluding hydrogens is 433 g/mol. The predicted molar refractivity (Wildman–Crippen MR) is 114 cm³/mol. The molecule has 2 saturated heterocycles. The summed E-state index contributed by atoms with van der Waals surface area (Å²) in [4.78, 5) is 20.3. The molecule has 2 aromatic rings. The second kappa shape index (κ2) is 9.22. The van der Waals surface area contributed by atoms with Crippen molar-refractivity contribution in [2.45, 2.75) is 25.7 Å². The number of amides is 1. The van der Waals surface area contributed by atoms with E-state index in [0.717, 1.165) is 58.9 Å². The summed E-state index contributed by atoms with van der Waals surface area (Å²) in [6.45, 7) is 4.02. The van der Waals surface area contributed by atoms with E-state index in [2.05, 4.69) is 10.3 Å². The third kappa shape index (κ3) is 4.72. The monoisotopic (exact) mass is 453 g/mol. The number of thiophene rings is 1. The summed E-state index contributed by atoms with van der Waals surface area (Å²) in [5.41, 5.74) is 1.32. The average Bonchev–Trinajstić information content (AvgIpc) is 3.30. The highest BCUT2D eigenvalue weighted by atomic mass is 35.5. The maximum atomic E-state index is 12.6. The van der Waals surface area contributed by atoms with Crippen molar-refractivity contribution < 1.29 is 4.79 Å². The molecule has 2 fully saturated rings. The molecule has 2 aliphatic rings. The van der Waals surface area contributed by atoms with Crippen molar-refractivity contribution in [1.29, 1.82) is 0 Å². The van der Waals surface area contributed by atoms with Crippen molar-refractivity contribution >= 4 is 65.0 Å². The minimum atomic E-state index is 0.